The fourth-order valence-electron chi connectivity index (χ4n) is 4.55. The Bertz CT molecular complexity index is 1350. The highest BCUT2D eigenvalue weighted by Gasteiger charge is 2.56. The van der Waals surface area contributed by atoms with Crippen molar-refractivity contribution in [3.63, 3.8) is 0 Å². The van der Waals surface area contributed by atoms with Crippen LogP contribution < -0.4 is 11.1 Å². The predicted molar refractivity (Wildman–Crippen MR) is 159 cm³/mol. The number of morpholine rings is 1. The summed E-state index contributed by atoms with van der Waals surface area (Å²) in [6.45, 7) is 6.63. The first kappa shape index (κ1) is 33.9. The van der Waals surface area contributed by atoms with Crippen molar-refractivity contribution in [1.82, 2.24) is 20.1 Å². The number of nitrogens with one attached hydrogen (secondary N) is 1. The van der Waals surface area contributed by atoms with Crippen molar-refractivity contribution in [2.45, 2.75) is 38.0 Å². The molecule has 2 saturated heterocycles. The number of β-lactam (4-membered cyclic amide) rings is 1. The van der Waals surface area contributed by atoms with Gasteiger partial charge in [-0.25, -0.2) is 19.4 Å². The van der Waals surface area contributed by atoms with Crippen LogP contribution in [0.5, 0.6) is 0 Å². The van der Waals surface area contributed by atoms with Crippen LogP contribution in [0.1, 0.15) is 26.0 Å². The van der Waals surface area contributed by atoms with Gasteiger partial charge >= 0.3 is 18.1 Å². The van der Waals surface area contributed by atoms with Gasteiger partial charge < -0.3 is 39.6 Å². The second kappa shape index (κ2) is 15.9. The van der Waals surface area contributed by atoms with E-state index in [1.807, 2.05) is 0 Å². The lowest BCUT2D eigenvalue weighted by molar-refractivity contribution is -0.169. The Hall–Kier alpha value is -3.94. The minimum absolute atomic E-state index is 0.0189. The Balaban J connectivity index is 1.38. The molecule has 0 aliphatic carbocycles. The molecule has 3 atom stereocenters. The summed E-state index contributed by atoms with van der Waals surface area (Å²) in [5, 5.41) is 7.21. The van der Waals surface area contributed by atoms with E-state index in [-0.39, 0.29) is 46.8 Å². The van der Waals surface area contributed by atoms with Crippen LogP contribution in [0.4, 0.5) is 9.93 Å². The van der Waals surface area contributed by atoms with E-state index in [4.69, 9.17) is 34.3 Å². The number of anilines is 1. The highest BCUT2D eigenvalue weighted by molar-refractivity contribution is 8.00. The third kappa shape index (κ3) is 8.41. The second-order valence-electron chi connectivity index (χ2n) is 9.60. The van der Waals surface area contributed by atoms with Gasteiger partial charge in [0.15, 0.2) is 10.8 Å². The molecule has 4 rings (SSSR count). The summed E-state index contributed by atoms with van der Waals surface area (Å²) in [5.74, 6) is -3.42. The molecule has 246 valence electrons. The first-order valence-electron chi connectivity index (χ1n) is 14.0. The number of esters is 2. The van der Waals surface area contributed by atoms with E-state index in [0.29, 0.717) is 19.6 Å². The van der Waals surface area contributed by atoms with Crippen LogP contribution in [0.3, 0.4) is 0 Å². The number of aromatic nitrogens is 1. The molecule has 1 aromatic heterocycles. The summed E-state index contributed by atoms with van der Waals surface area (Å²) < 4.78 is 25.8. The molecule has 3 aliphatic rings. The van der Waals surface area contributed by atoms with Crippen molar-refractivity contribution < 1.29 is 52.5 Å². The number of thiazole rings is 1. The molecule has 3 N–H and O–H groups in total. The highest BCUT2D eigenvalue weighted by Crippen LogP contribution is 2.41. The molecule has 3 aliphatic heterocycles. The molecule has 0 spiro atoms. The number of thioether (sulfide) groups is 1. The molecule has 2 unspecified atom stereocenters. The van der Waals surface area contributed by atoms with Gasteiger partial charge in [-0.1, -0.05) is 5.16 Å². The molecule has 1 aromatic rings. The van der Waals surface area contributed by atoms with Gasteiger partial charge in [0.05, 0.1) is 32.0 Å². The smallest absolute Gasteiger partial charge is 0.463 e. The van der Waals surface area contributed by atoms with Gasteiger partial charge in [0.2, 0.25) is 6.29 Å². The van der Waals surface area contributed by atoms with E-state index in [2.05, 4.69) is 20.4 Å². The highest BCUT2D eigenvalue weighted by atomic mass is 32.2. The van der Waals surface area contributed by atoms with E-state index < -0.39 is 47.6 Å². The van der Waals surface area contributed by atoms with Crippen LogP contribution in [-0.4, -0.2) is 127 Å². The number of rotatable bonds is 13. The lowest BCUT2D eigenvalue weighted by Crippen LogP contribution is -2.71. The molecular weight excluding hydrogens is 636 g/mol. The zero-order valence-corrected chi connectivity index (χ0v) is 26.5. The third-order valence-corrected chi connectivity index (χ3v) is 8.56. The van der Waals surface area contributed by atoms with Crippen molar-refractivity contribution in [3.05, 3.63) is 22.3 Å². The first-order chi connectivity index (χ1) is 21.6. The zero-order valence-electron chi connectivity index (χ0n) is 24.8. The summed E-state index contributed by atoms with van der Waals surface area (Å²) in [4.78, 5) is 76.5. The lowest BCUT2D eigenvalue weighted by Gasteiger charge is -2.49. The third-order valence-electron chi connectivity index (χ3n) is 6.61. The van der Waals surface area contributed by atoms with E-state index in [1.165, 1.54) is 19.4 Å². The monoisotopic (exact) mass is 670 g/mol. The van der Waals surface area contributed by atoms with E-state index in [9.17, 15) is 24.0 Å². The first-order valence-corrected chi connectivity index (χ1v) is 15.9. The maximum atomic E-state index is 13.3. The average Bonchev–Trinajstić information content (AvgIpc) is 3.45. The number of nitrogen functional groups attached to an aromatic ring is 1. The van der Waals surface area contributed by atoms with Gasteiger partial charge in [-0.2, -0.15) is 0 Å². The van der Waals surface area contributed by atoms with Gasteiger partial charge in [-0.3, -0.25) is 19.4 Å². The van der Waals surface area contributed by atoms with Crippen LogP contribution in [0.2, 0.25) is 0 Å². The lowest BCUT2D eigenvalue weighted by atomic mass is 10.0. The van der Waals surface area contributed by atoms with Gasteiger partial charge in [0, 0.05) is 37.7 Å². The average molecular weight is 671 g/mol. The van der Waals surface area contributed by atoms with Crippen molar-refractivity contribution in [3.8, 4) is 0 Å². The molecule has 0 saturated carbocycles. The number of carbonyl (C=O) groups is 5. The number of hydrogen-bond acceptors (Lipinski definition) is 17. The molecule has 2 fully saturated rings. The Kier molecular flexibility index (Phi) is 12.0. The van der Waals surface area contributed by atoms with Gasteiger partial charge in [-0.15, -0.1) is 23.1 Å². The number of nitrogens with two attached hydrogens (primary N) is 1. The summed E-state index contributed by atoms with van der Waals surface area (Å²) in [6, 6.07) is -1.09. The Labute approximate surface area is 266 Å². The summed E-state index contributed by atoms with van der Waals surface area (Å²) in [7, 11) is 1.24. The molecule has 45 heavy (non-hydrogen) atoms. The number of oxime groups is 1. The number of amides is 2. The fourth-order valence-corrected chi connectivity index (χ4v) is 6.43. The van der Waals surface area contributed by atoms with Crippen LogP contribution in [0, 0.1) is 0 Å². The van der Waals surface area contributed by atoms with E-state index in [0.717, 1.165) is 47.6 Å². The number of hydrogen-bond donors (Lipinski definition) is 2. The SMILES string of the molecule is CCOC(=O)C1=C(C(=O)OC(C)OC(=O)OCCCN2CCOCC2)N2C(=O)C(NC(=O)C(=NOC)c3csc(N)n3)[C@@H]2SC1. The van der Waals surface area contributed by atoms with Crippen molar-refractivity contribution >= 4 is 63.9 Å². The Morgan fingerprint density at radius 2 is 1.96 bits per heavy atom. The minimum atomic E-state index is -1.42. The molecule has 4 heterocycles. The van der Waals surface area contributed by atoms with Crippen molar-refractivity contribution in [2.75, 3.05) is 64.7 Å². The van der Waals surface area contributed by atoms with Gasteiger partial charge in [-0.05, 0) is 13.3 Å². The number of carbonyl (C=O) groups excluding carboxylic acids is 5. The number of fused-ring (bicyclic) bond motifs is 1. The van der Waals surface area contributed by atoms with Crippen molar-refractivity contribution in [1.29, 1.82) is 0 Å². The summed E-state index contributed by atoms with van der Waals surface area (Å²) >= 11 is 2.22. The Morgan fingerprint density at radius 1 is 1.20 bits per heavy atom. The molecular formula is C26H34N6O11S2. The van der Waals surface area contributed by atoms with Crippen molar-refractivity contribution in [2.24, 2.45) is 5.16 Å². The van der Waals surface area contributed by atoms with Gasteiger partial charge in [0.1, 0.15) is 29.9 Å². The molecule has 2 amide bonds. The summed E-state index contributed by atoms with van der Waals surface area (Å²) in [5.41, 5.74) is 5.12. The minimum Gasteiger partial charge on any atom is -0.463 e. The standard InChI is InChI=1S/C26H34N6O11S2/c1-4-40-23(35)15-12-44-22-18(29-20(33)17(30-38-3)16-13-45-25(27)28-16)21(34)32(22)19(15)24(36)42-14(2)43-26(37)41-9-5-6-31-7-10-39-11-8-31/h13-14,18,22H,4-12H2,1-3H3,(H2,27,28)(H,29,33)/t14?,18?,22-/m0/s1. The maximum absolute atomic E-state index is 13.3. The molecule has 0 aromatic carbocycles. The zero-order chi connectivity index (χ0) is 32.5. The predicted octanol–water partition coefficient (Wildman–Crippen LogP) is 0.0576. The van der Waals surface area contributed by atoms with E-state index >= 15 is 0 Å². The largest absolute Gasteiger partial charge is 0.511 e. The van der Waals surface area contributed by atoms with Crippen LogP contribution in [-0.2, 0) is 47.7 Å². The molecule has 17 nitrogen and oxygen atoms in total. The fraction of sp³-hybridized carbons (Fsp3) is 0.577. The van der Waals surface area contributed by atoms with Crippen LogP contribution >= 0.6 is 23.1 Å². The van der Waals surface area contributed by atoms with Gasteiger partial charge in [0.25, 0.3) is 11.8 Å². The number of ether oxygens (including phenoxy) is 5. The summed E-state index contributed by atoms with van der Waals surface area (Å²) in [6.07, 6.45) is -1.89. The molecule has 19 heteroatoms. The maximum Gasteiger partial charge on any atom is 0.511 e. The van der Waals surface area contributed by atoms with Crippen LogP contribution in [0.15, 0.2) is 21.8 Å². The topological polar surface area (TPSA) is 211 Å². The van der Waals surface area contributed by atoms with E-state index in [1.54, 1.807) is 6.92 Å². The second-order valence-corrected chi connectivity index (χ2v) is 11.6. The quantitative estimate of drug-likeness (QED) is 0.0540. The molecule has 0 bridgehead atoms. The number of nitrogens with zero attached hydrogens (tertiary/aromatic N) is 4. The Morgan fingerprint density at radius 3 is 2.62 bits per heavy atom. The van der Waals surface area contributed by atoms with Crippen LogP contribution in [0.25, 0.3) is 0 Å². The molecule has 0 radical (unpaired) electrons. The normalized spacial score (nSPS) is 20.8.